The molecule has 1 heterocycles. The van der Waals surface area contributed by atoms with Crippen LogP contribution < -0.4 is 0 Å². The fraction of sp³-hybridized carbons (Fsp3) is 0.909. The molecule has 8 bridgehead atoms. The Morgan fingerprint density at radius 1 is 0.872 bits per heavy atom. The number of hydrogen-bond donors (Lipinski definition) is 0. The van der Waals surface area contributed by atoms with Gasteiger partial charge < -0.3 is 14.2 Å². The summed E-state index contributed by atoms with van der Waals surface area (Å²) in [6, 6.07) is 0. The van der Waals surface area contributed by atoms with E-state index >= 15 is 0 Å². The van der Waals surface area contributed by atoms with Gasteiger partial charge in [0.2, 0.25) is 0 Å². The lowest BCUT2D eigenvalue weighted by atomic mass is 9.49. The van der Waals surface area contributed by atoms with Crippen molar-refractivity contribution in [1.82, 2.24) is 0 Å². The Hall–Kier alpha value is -1.43. The quantitative estimate of drug-likeness (QED) is 0.274. The van der Waals surface area contributed by atoms with Crippen LogP contribution in [0, 0.1) is 64.1 Å². The molecule has 3 atom stereocenters. The van der Waals surface area contributed by atoms with Crippen LogP contribution in [0.1, 0.15) is 105 Å². The minimum absolute atomic E-state index is 0.375. The highest BCUT2D eigenvalue weighted by Gasteiger charge is 2.61. The second-order valence-corrected chi connectivity index (χ2v) is 16.1. The van der Waals surface area contributed by atoms with Gasteiger partial charge in [-0.3, -0.25) is 14.4 Å². The molecule has 0 radical (unpaired) electrons. The molecular formula is C33H48O6. The second kappa shape index (κ2) is 9.03. The molecule has 0 spiro atoms. The topological polar surface area (TPSA) is 78.9 Å². The van der Waals surface area contributed by atoms with Crippen LogP contribution >= 0.6 is 0 Å². The molecule has 216 valence electrons. The van der Waals surface area contributed by atoms with Gasteiger partial charge in [0.1, 0.15) is 5.60 Å². The Morgan fingerprint density at radius 2 is 1.38 bits per heavy atom. The van der Waals surface area contributed by atoms with Gasteiger partial charge in [-0.25, -0.2) is 0 Å². The van der Waals surface area contributed by atoms with Crippen molar-refractivity contribution in [1.29, 1.82) is 0 Å². The molecule has 0 amide bonds. The molecule has 8 saturated carbocycles. The number of cyclic esters (lactones) is 2. The molecule has 9 fully saturated rings. The summed E-state index contributed by atoms with van der Waals surface area (Å²) in [5, 5.41) is 0. The van der Waals surface area contributed by atoms with Crippen LogP contribution in [0.3, 0.4) is 0 Å². The fourth-order valence-corrected chi connectivity index (χ4v) is 11.6. The van der Waals surface area contributed by atoms with Crippen molar-refractivity contribution in [2.45, 2.75) is 116 Å². The van der Waals surface area contributed by atoms with Crippen molar-refractivity contribution in [3.8, 4) is 0 Å². The first-order chi connectivity index (χ1) is 18.5. The van der Waals surface area contributed by atoms with E-state index < -0.39 is 40.9 Å². The van der Waals surface area contributed by atoms with Crippen molar-refractivity contribution in [3.05, 3.63) is 0 Å². The van der Waals surface area contributed by atoms with Gasteiger partial charge in [-0.2, -0.15) is 0 Å². The number of rotatable bonds is 8. The maximum atomic E-state index is 13.9. The summed E-state index contributed by atoms with van der Waals surface area (Å²) in [5.74, 6) is 1.78. The third-order valence-electron chi connectivity index (χ3n) is 13.1. The predicted octanol–water partition coefficient (Wildman–Crippen LogP) is 6.10. The lowest BCUT2D eigenvalue weighted by molar-refractivity contribution is -0.214. The zero-order valence-corrected chi connectivity index (χ0v) is 24.4. The van der Waals surface area contributed by atoms with E-state index in [4.69, 9.17) is 14.2 Å². The van der Waals surface area contributed by atoms with Crippen molar-refractivity contribution in [3.63, 3.8) is 0 Å². The Kier molecular flexibility index (Phi) is 6.13. The zero-order valence-electron chi connectivity index (χ0n) is 24.4. The van der Waals surface area contributed by atoms with E-state index in [2.05, 4.69) is 6.92 Å². The van der Waals surface area contributed by atoms with Crippen LogP contribution in [0.15, 0.2) is 0 Å². The smallest absolute Gasteiger partial charge is 0.320 e. The minimum atomic E-state index is -1.18. The number of carbonyl (C=O) groups excluding carboxylic acids is 3. The van der Waals surface area contributed by atoms with E-state index in [1.54, 1.807) is 13.8 Å². The first kappa shape index (κ1) is 26.5. The van der Waals surface area contributed by atoms with Gasteiger partial charge in [-0.05, 0) is 152 Å². The average molecular weight is 541 g/mol. The third kappa shape index (κ3) is 4.24. The maximum absolute atomic E-state index is 13.9. The second-order valence-electron chi connectivity index (χ2n) is 16.1. The first-order valence-corrected chi connectivity index (χ1v) is 16.1. The van der Waals surface area contributed by atoms with Crippen molar-refractivity contribution in [2.75, 3.05) is 6.61 Å². The van der Waals surface area contributed by atoms with Gasteiger partial charge in [0, 0.05) is 6.61 Å². The van der Waals surface area contributed by atoms with Crippen molar-refractivity contribution in [2.24, 2.45) is 64.1 Å². The van der Waals surface area contributed by atoms with E-state index in [-0.39, 0.29) is 5.97 Å². The monoisotopic (exact) mass is 540 g/mol. The summed E-state index contributed by atoms with van der Waals surface area (Å²) < 4.78 is 17.9. The van der Waals surface area contributed by atoms with Crippen LogP contribution in [0.4, 0.5) is 0 Å². The van der Waals surface area contributed by atoms with Gasteiger partial charge in [0.25, 0.3) is 0 Å². The van der Waals surface area contributed by atoms with Crippen molar-refractivity contribution < 1.29 is 28.6 Å². The van der Waals surface area contributed by atoms with Gasteiger partial charge in [-0.1, -0.05) is 0 Å². The van der Waals surface area contributed by atoms with Crippen LogP contribution in [0.25, 0.3) is 0 Å². The summed E-state index contributed by atoms with van der Waals surface area (Å²) in [4.78, 5) is 39.9. The van der Waals surface area contributed by atoms with E-state index in [0.717, 1.165) is 61.7 Å². The van der Waals surface area contributed by atoms with Gasteiger partial charge in [0.15, 0.2) is 0 Å². The Labute approximate surface area is 233 Å². The number of carbonyl (C=O) groups is 3. The SMILES string of the molecule is CC(OCCC12CC3CC(CC(C3)C1)C2)C1C(=O)OC(=O)C1C(C)(C)C(=O)OC1(C)C2CC3CC(C2)CC1C3. The Morgan fingerprint density at radius 3 is 1.92 bits per heavy atom. The molecule has 1 aliphatic heterocycles. The summed E-state index contributed by atoms with van der Waals surface area (Å²) in [5.41, 5.74) is -1.26. The van der Waals surface area contributed by atoms with E-state index in [9.17, 15) is 14.4 Å². The minimum Gasteiger partial charge on any atom is -0.458 e. The van der Waals surface area contributed by atoms with Crippen LogP contribution in [-0.4, -0.2) is 36.2 Å². The lowest BCUT2D eigenvalue weighted by Crippen LogP contribution is -2.59. The molecule has 9 rings (SSSR count). The molecule has 1 saturated heterocycles. The standard InChI is InChI=1S/C33H48O6/c1-18(37-6-5-33-15-21-8-22(16-33)10-23(9-21)17-33)26-27(29(35)38-28(26)34)31(2,3)30(36)39-32(4)24-11-19-7-20(13-24)14-25(32)12-19/h18-27H,5-17H2,1-4H3. The fourth-order valence-electron chi connectivity index (χ4n) is 11.6. The predicted molar refractivity (Wildman–Crippen MR) is 144 cm³/mol. The maximum Gasteiger partial charge on any atom is 0.320 e. The van der Waals surface area contributed by atoms with Crippen LogP contribution in [0.2, 0.25) is 0 Å². The molecule has 0 aromatic rings. The largest absolute Gasteiger partial charge is 0.458 e. The van der Waals surface area contributed by atoms with Gasteiger partial charge in [-0.15, -0.1) is 0 Å². The molecule has 6 heteroatoms. The summed E-state index contributed by atoms with van der Waals surface area (Å²) in [7, 11) is 0. The van der Waals surface area contributed by atoms with E-state index in [1.165, 1.54) is 44.9 Å². The Bertz CT molecular complexity index is 980. The highest BCUT2D eigenvalue weighted by molar-refractivity contribution is 6.00. The van der Waals surface area contributed by atoms with Crippen LogP contribution in [-0.2, 0) is 28.6 Å². The summed E-state index contributed by atoms with van der Waals surface area (Å²) in [6.07, 6.45) is 14.6. The zero-order chi connectivity index (χ0) is 27.3. The lowest BCUT2D eigenvalue weighted by Gasteiger charge is -2.59. The third-order valence-corrected chi connectivity index (χ3v) is 13.1. The molecule has 8 aliphatic carbocycles. The molecule has 9 aliphatic rings. The van der Waals surface area contributed by atoms with Gasteiger partial charge >= 0.3 is 17.9 Å². The van der Waals surface area contributed by atoms with E-state index in [1.807, 2.05) is 6.92 Å². The molecule has 39 heavy (non-hydrogen) atoms. The van der Waals surface area contributed by atoms with E-state index in [0.29, 0.717) is 23.9 Å². The molecule has 6 nitrogen and oxygen atoms in total. The van der Waals surface area contributed by atoms with Gasteiger partial charge in [0.05, 0.1) is 23.4 Å². The van der Waals surface area contributed by atoms with Crippen molar-refractivity contribution >= 4 is 17.9 Å². The molecule has 0 aromatic heterocycles. The summed E-state index contributed by atoms with van der Waals surface area (Å²) >= 11 is 0. The molecular weight excluding hydrogens is 492 g/mol. The molecule has 3 unspecified atom stereocenters. The Balaban J connectivity index is 1.02. The molecule has 0 aromatic carbocycles. The number of hydrogen-bond acceptors (Lipinski definition) is 6. The molecule has 0 N–H and O–H groups in total. The highest BCUT2D eigenvalue weighted by Crippen LogP contribution is 2.62. The number of ether oxygens (including phenoxy) is 3. The highest BCUT2D eigenvalue weighted by atomic mass is 16.6. The average Bonchev–Trinajstić information content (AvgIpc) is 3.15. The summed E-state index contributed by atoms with van der Waals surface area (Å²) in [6.45, 7) is 8.10. The van der Waals surface area contributed by atoms with Crippen LogP contribution in [0.5, 0.6) is 0 Å². The first-order valence-electron chi connectivity index (χ1n) is 16.1. The number of esters is 3. The normalized spacial score (nSPS) is 48.5.